The number of hydrogen-bond donors (Lipinski definition) is 4. The summed E-state index contributed by atoms with van der Waals surface area (Å²) in [4.78, 5) is 45.3. The molecule has 160 valence electrons. The van der Waals surface area contributed by atoms with Crippen LogP contribution in [0.4, 0.5) is 17.2 Å². The van der Waals surface area contributed by atoms with Crippen LogP contribution in [0.15, 0.2) is 41.3 Å². The molecule has 2 aromatic heterocycles. The number of benzene rings is 1. The van der Waals surface area contributed by atoms with Crippen LogP contribution in [-0.2, 0) is 4.79 Å². The number of pyridine rings is 2. The molecule has 4 rings (SSSR count). The third-order valence-electron chi connectivity index (χ3n) is 5.29. The Bertz CT molecular complexity index is 1210. The first-order valence-corrected chi connectivity index (χ1v) is 10.1. The molecule has 0 aliphatic carbocycles. The third kappa shape index (κ3) is 4.50. The van der Waals surface area contributed by atoms with E-state index in [4.69, 9.17) is 5.73 Å². The highest BCUT2D eigenvalue weighted by molar-refractivity contribution is 6.09. The molecule has 1 aliphatic rings. The molecule has 3 heterocycles. The summed E-state index contributed by atoms with van der Waals surface area (Å²) in [6, 6.07) is 8.55. The predicted molar refractivity (Wildman–Crippen MR) is 121 cm³/mol. The van der Waals surface area contributed by atoms with Crippen molar-refractivity contribution in [3.63, 3.8) is 0 Å². The topological polar surface area (TPSA) is 133 Å². The Balaban J connectivity index is 1.65. The van der Waals surface area contributed by atoms with Crippen molar-refractivity contribution in [2.75, 3.05) is 35.2 Å². The number of rotatable bonds is 6. The van der Waals surface area contributed by atoms with Gasteiger partial charge in [-0.05, 0) is 49.6 Å². The van der Waals surface area contributed by atoms with Gasteiger partial charge in [0, 0.05) is 35.7 Å². The minimum atomic E-state index is -0.501. The molecular weight excluding hydrogens is 396 g/mol. The van der Waals surface area contributed by atoms with Crippen molar-refractivity contribution in [2.45, 2.75) is 19.8 Å². The molecule has 9 heteroatoms. The Kier molecular flexibility index (Phi) is 5.57. The van der Waals surface area contributed by atoms with E-state index in [1.54, 1.807) is 24.4 Å². The van der Waals surface area contributed by atoms with E-state index >= 15 is 0 Å². The molecule has 0 saturated carbocycles. The number of hydrogen-bond acceptors (Lipinski definition) is 6. The second-order valence-electron chi connectivity index (χ2n) is 7.64. The molecule has 0 unspecified atom stereocenters. The van der Waals surface area contributed by atoms with Crippen molar-refractivity contribution < 1.29 is 9.59 Å². The number of H-pyrrole nitrogens is 1. The van der Waals surface area contributed by atoms with E-state index in [9.17, 15) is 14.4 Å². The van der Waals surface area contributed by atoms with Crippen molar-refractivity contribution in [2.24, 2.45) is 5.73 Å². The number of nitrogens with two attached hydrogens (primary N) is 1. The quantitative estimate of drug-likeness (QED) is 0.482. The summed E-state index contributed by atoms with van der Waals surface area (Å²) < 4.78 is 0. The zero-order chi connectivity index (χ0) is 22.0. The molecule has 1 aliphatic heterocycles. The Morgan fingerprint density at radius 1 is 1.16 bits per heavy atom. The van der Waals surface area contributed by atoms with Gasteiger partial charge in [0.25, 0.3) is 5.91 Å². The van der Waals surface area contributed by atoms with Gasteiger partial charge in [-0.3, -0.25) is 14.4 Å². The zero-order valence-electron chi connectivity index (χ0n) is 17.2. The normalized spacial score (nSPS) is 13.4. The first-order valence-electron chi connectivity index (χ1n) is 10.1. The van der Waals surface area contributed by atoms with Crippen LogP contribution in [0.3, 0.4) is 0 Å². The van der Waals surface area contributed by atoms with Gasteiger partial charge in [0.2, 0.25) is 11.5 Å². The Morgan fingerprint density at radius 2 is 1.94 bits per heavy atom. The van der Waals surface area contributed by atoms with E-state index in [-0.39, 0.29) is 18.0 Å². The smallest absolute Gasteiger partial charge is 0.259 e. The zero-order valence-corrected chi connectivity index (χ0v) is 17.2. The lowest BCUT2D eigenvalue weighted by atomic mass is 10.1. The summed E-state index contributed by atoms with van der Waals surface area (Å²) in [5.74, 6) is -0.196. The minimum Gasteiger partial charge on any atom is -0.375 e. The number of anilines is 3. The van der Waals surface area contributed by atoms with Crippen LogP contribution in [0.1, 0.15) is 28.8 Å². The fourth-order valence-electron chi connectivity index (χ4n) is 3.79. The average Bonchev–Trinajstić information content (AvgIpc) is 3.27. The van der Waals surface area contributed by atoms with Gasteiger partial charge in [0.05, 0.1) is 24.0 Å². The van der Waals surface area contributed by atoms with Crippen molar-refractivity contribution in [3.05, 3.63) is 58.0 Å². The number of aromatic amines is 1. The van der Waals surface area contributed by atoms with Crippen LogP contribution in [-0.4, -0.2) is 41.4 Å². The van der Waals surface area contributed by atoms with Gasteiger partial charge >= 0.3 is 0 Å². The SMILES string of the molecule is Cc1cc(=O)[nH]c2ccc(NC(=O)c3cc(NCC(N)=O)cnc3N3CCCC3)cc12. The van der Waals surface area contributed by atoms with Gasteiger partial charge in [-0.25, -0.2) is 4.98 Å². The fraction of sp³-hybridized carbons (Fsp3) is 0.273. The van der Waals surface area contributed by atoms with Gasteiger partial charge in [0.15, 0.2) is 0 Å². The lowest BCUT2D eigenvalue weighted by molar-refractivity contribution is -0.116. The largest absolute Gasteiger partial charge is 0.375 e. The number of amides is 2. The maximum atomic E-state index is 13.2. The number of aryl methyl sites for hydroxylation is 1. The maximum absolute atomic E-state index is 13.2. The molecule has 0 bridgehead atoms. The van der Waals surface area contributed by atoms with Crippen LogP contribution >= 0.6 is 0 Å². The average molecular weight is 420 g/mol. The van der Waals surface area contributed by atoms with Crippen molar-refractivity contribution in [1.82, 2.24) is 9.97 Å². The number of carbonyl (C=O) groups is 2. The molecule has 2 amide bonds. The molecule has 0 spiro atoms. The van der Waals surface area contributed by atoms with Gasteiger partial charge in [-0.2, -0.15) is 0 Å². The molecular formula is C22H24N6O3. The predicted octanol–water partition coefficient (Wildman–Crippen LogP) is 1.98. The summed E-state index contributed by atoms with van der Waals surface area (Å²) in [6.07, 6.45) is 3.70. The summed E-state index contributed by atoms with van der Waals surface area (Å²) in [7, 11) is 0. The van der Waals surface area contributed by atoms with Crippen LogP contribution in [0, 0.1) is 6.92 Å². The standard InChI is InChI=1S/C22H24N6O3/c1-13-8-20(30)27-18-5-4-14(9-16(13)18)26-22(31)17-10-15(24-12-19(23)29)11-25-21(17)28-6-2-3-7-28/h4-5,8-11,24H,2-3,6-7,12H2,1H3,(H2,23,29)(H,26,31)(H,27,30). The summed E-state index contributed by atoms with van der Waals surface area (Å²) in [5, 5.41) is 6.67. The second-order valence-corrected chi connectivity index (χ2v) is 7.64. The van der Waals surface area contributed by atoms with Gasteiger partial charge in [0.1, 0.15) is 5.82 Å². The number of fused-ring (bicyclic) bond motifs is 1. The number of nitrogens with zero attached hydrogens (tertiary/aromatic N) is 2. The monoisotopic (exact) mass is 420 g/mol. The van der Waals surface area contributed by atoms with Crippen molar-refractivity contribution in [3.8, 4) is 0 Å². The van der Waals surface area contributed by atoms with E-state index in [1.165, 1.54) is 6.07 Å². The molecule has 9 nitrogen and oxygen atoms in total. The van der Waals surface area contributed by atoms with Crippen molar-refractivity contribution in [1.29, 1.82) is 0 Å². The fourth-order valence-corrected chi connectivity index (χ4v) is 3.79. The van der Waals surface area contributed by atoms with Crippen LogP contribution < -0.4 is 26.8 Å². The summed E-state index contributed by atoms with van der Waals surface area (Å²) >= 11 is 0. The van der Waals surface area contributed by atoms with Gasteiger partial charge in [-0.1, -0.05) is 0 Å². The third-order valence-corrected chi connectivity index (χ3v) is 5.29. The van der Waals surface area contributed by atoms with E-state index in [0.29, 0.717) is 28.3 Å². The highest BCUT2D eigenvalue weighted by Gasteiger charge is 2.22. The van der Waals surface area contributed by atoms with Gasteiger partial charge in [-0.15, -0.1) is 0 Å². The van der Waals surface area contributed by atoms with Crippen LogP contribution in [0.25, 0.3) is 10.9 Å². The molecule has 5 N–H and O–H groups in total. The van der Waals surface area contributed by atoms with Crippen LogP contribution in [0.5, 0.6) is 0 Å². The number of aromatic nitrogens is 2. The lowest BCUT2D eigenvalue weighted by Crippen LogP contribution is -2.25. The first kappa shape index (κ1) is 20.4. The first-order chi connectivity index (χ1) is 14.9. The molecule has 1 saturated heterocycles. The van der Waals surface area contributed by atoms with Crippen LogP contribution in [0.2, 0.25) is 0 Å². The Hall–Kier alpha value is -3.88. The van der Waals surface area contributed by atoms with E-state index in [2.05, 4.69) is 25.5 Å². The number of carbonyl (C=O) groups excluding carboxylic acids is 2. The van der Waals surface area contributed by atoms with E-state index in [0.717, 1.165) is 36.9 Å². The van der Waals surface area contributed by atoms with E-state index < -0.39 is 5.91 Å². The Labute approximate surface area is 178 Å². The molecule has 1 fully saturated rings. The molecule has 0 atom stereocenters. The van der Waals surface area contributed by atoms with E-state index in [1.807, 2.05) is 13.0 Å². The highest BCUT2D eigenvalue weighted by Crippen LogP contribution is 2.26. The maximum Gasteiger partial charge on any atom is 0.259 e. The molecule has 31 heavy (non-hydrogen) atoms. The van der Waals surface area contributed by atoms with Crippen molar-refractivity contribution >= 4 is 39.9 Å². The molecule has 0 radical (unpaired) electrons. The highest BCUT2D eigenvalue weighted by atomic mass is 16.2. The number of primary amides is 1. The molecule has 3 aromatic rings. The Morgan fingerprint density at radius 3 is 2.68 bits per heavy atom. The van der Waals surface area contributed by atoms with Gasteiger partial charge < -0.3 is 26.3 Å². The lowest BCUT2D eigenvalue weighted by Gasteiger charge is -2.20. The summed E-state index contributed by atoms with van der Waals surface area (Å²) in [6.45, 7) is 3.48. The second kappa shape index (κ2) is 8.47. The molecule has 1 aromatic carbocycles. The minimum absolute atomic E-state index is 0.0477. The summed E-state index contributed by atoms with van der Waals surface area (Å²) in [5.41, 5.74) is 8.14. The number of nitrogens with one attached hydrogen (secondary N) is 3.